The third-order valence-electron chi connectivity index (χ3n) is 11.1. The quantitative estimate of drug-likeness (QED) is 0.121. The van der Waals surface area contributed by atoms with E-state index >= 15 is 0 Å². The highest BCUT2D eigenvalue weighted by Crippen LogP contribution is 2.46. The van der Waals surface area contributed by atoms with Crippen molar-refractivity contribution in [1.82, 2.24) is 9.80 Å². The molecule has 0 spiro atoms. The first-order valence-corrected chi connectivity index (χ1v) is 19.2. The lowest BCUT2D eigenvalue weighted by molar-refractivity contribution is -0.140. The molecule has 1 fully saturated rings. The highest BCUT2D eigenvalue weighted by Gasteiger charge is 2.44. The van der Waals surface area contributed by atoms with Crippen molar-refractivity contribution >= 4 is 12.0 Å². The summed E-state index contributed by atoms with van der Waals surface area (Å²) < 4.78 is 24.4. The minimum Gasteiger partial charge on any atom is -0.497 e. The van der Waals surface area contributed by atoms with Gasteiger partial charge in [0.25, 0.3) is 0 Å². The van der Waals surface area contributed by atoms with Crippen LogP contribution in [-0.2, 0) is 19.9 Å². The molecule has 56 heavy (non-hydrogen) atoms. The molecule has 1 heterocycles. The summed E-state index contributed by atoms with van der Waals surface area (Å²) in [6, 6.07) is 40.1. The van der Waals surface area contributed by atoms with E-state index in [1.54, 1.807) is 26.2 Å². The van der Waals surface area contributed by atoms with Gasteiger partial charge < -0.3 is 29.0 Å². The van der Waals surface area contributed by atoms with Crippen LogP contribution in [0.15, 0.2) is 127 Å². The number of methoxy groups -OCH3 is 2. The Hall–Kier alpha value is -5.64. The van der Waals surface area contributed by atoms with E-state index in [-0.39, 0.29) is 25.0 Å². The lowest BCUT2D eigenvalue weighted by Crippen LogP contribution is -2.52. The Balaban J connectivity index is 1.18. The van der Waals surface area contributed by atoms with Gasteiger partial charge in [-0.1, -0.05) is 117 Å². The Labute approximate surface area is 329 Å². The van der Waals surface area contributed by atoms with Gasteiger partial charge in [-0.25, -0.2) is 4.79 Å². The molecule has 5 aromatic carbocycles. The van der Waals surface area contributed by atoms with Crippen LogP contribution < -0.4 is 9.47 Å². The number of ether oxygens (including phenoxy) is 4. The molecule has 9 nitrogen and oxygen atoms in total. The largest absolute Gasteiger partial charge is 0.497 e. The fourth-order valence-corrected chi connectivity index (χ4v) is 8.23. The number of β-amino-alcohol motifs (C(OH)–C–C–N with tert-alkyl or cyclic N) is 1. The number of likely N-dealkylation sites (N-methyl/N-ethyl adjacent to an activating group) is 1. The van der Waals surface area contributed by atoms with Crippen LogP contribution in [0.2, 0.25) is 0 Å². The summed E-state index contributed by atoms with van der Waals surface area (Å²) in [5.41, 5.74) is 5.40. The average molecular weight is 755 g/mol. The SMILES string of the molecule is COc1ccc(C(OC[C@@H]2C[C@@H](O)CN2C(=O)[C@H](CC(C)C)N(C)C(=O)OC2c3ccccc3-c3ccccc32)(c2ccccc2)c2ccc(OC)cc2)cc1. The van der Waals surface area contributed by atoms with Gasteiger partial charge in [-0.15, -0.1) is 0 Å². The molecule has 3 atom stereocenters. The smallest absolute Gasteiger partial charge is 0.411 e. The number of amides is 2. The second kappa shape index (κ2) is 16.6. The number of hydrogen-bond donors (Lipinski definition) is 1. The van der Waals surface area contributed by atoms with Crippen LogP contribution in [0.1, 0.15) is 60.6 Å². The van der Waals surface area contributed by atoms with E-state index in [1.165, 1.54) is 4.90 Å². The Kier molecular flexibility index (Phi) is 11.5. The summed E-state index contributed by atoms with van der Waals surface area (Å²) in [7, 11) is 4.89. The molecular weight excluding hydrogens is 705 g/mol. The van der Waals surface area contributed by atoms with Crippen molar-refractivity contribution in [1.29, 1.82) is 0 Å². The number of fused-ring (bicyclic) bond motifs is 3. The molecule has 2 amide bonds. The van der Waals surface area contributed by atoms with Crippen molar-refractivity contribution in [3.8, 4) is 22.6 Å². The number of nitrogens with zero attached hydrogens (tertiary/aromatic N) is 2. The molecule has 1 aliphatic heterocycles. The predicted octanol–water partition coefficient (Wildman–Crippen LogP) is 8.23. The zero-order chi connectivity index (χ0) is 39.4. The molecule has 7 rings (SSSR count). The predicted molar refractivity (Wildman–Crippen MR) is 216 cm³/mol. The first kappa shape index (κ1) is 38.6. The summed E-state index contributed by atoms with van der Waals surface area (Å²) >= 11 is 0. The molecule has 0 radical (unpaired) electrons. The van der Waals surface area contributed by atoms with Crippen LogP contribution in [0.4, 0.5) is 4.79 Å². The lowest BCUT2D eigenvalue weighted by Gasteiger charge is -2.39. The zero-order valence-corrected chi connectivity index (χ0v) is 32.6. The highest BCUT2D eigenvalue weighted by atomic mass is 16.6. The summed E-state index contributed by atoms with van der Waals surface area (Å²) in [5.74, 6) is 1.25. The molecule has 0 saturated carbocycles. The fraction of sp³-hybridized carbons (Fsp3) is 0.319. The number of hydrogen-bond acceptors (Lipinski definition) is 7. The molecule has 1 N–H and O–H groups in total. The van der Waals surface area contributed by atoms with Gasteiger partial charge >= 0.3 is 6.09 Å². The van der Waals surface area contributed by atoms with Crippen molar-refractivity contribution in [2.24, 2.45) is 5.92 Å². The van der Waals surface area contributed by atoms with Crippen molar-refractivity contribution in [3.63, 3.8) is 0 Å². The van der Waals surface area contributed by atoms with Gasteiger partial charge in [-0.2, -0.15) is 0 Å². The molecule has 9 heteroatoms. The Morgan fingerprint density at radius 3 is 1.77 bits per heavy atom. The van der Waals surface area contributed by atoms with E-state index in [4.69, 9.17) is 18.9 Å². The van der Waals surface area contributed by atoms with E-state index in [0.29, 0.717) is 24.3 Å². The molecule has 1 aliphatic carbocycles. The molecular formula is C47H50N2O7. The molecule has 2 aliphatic rings. The highest BCUT2D eigenvalue weighted by molar-refractivity contribution is 5.87. The minimum atomic E-state index is -1.10. The monoisotopic (exact) mass is 754 g/mol. The van der Waals surface area contributed by atoms with E-state index < -0.39 is 36.0 Å². The number of aliphatic hydroxyl groups is 1. The summed E-state index contributed by atoms with van der Waals surface area (Å²) in [5, 5.41) is 11.1. The summed E-state index contributed by atoms with van der Waals surface area (Å²) in [6.07, 6.45) is -1.21. The van der Waals surface area contributed by atoms with Crippen LogP contribution in [0.3, 0.4) is 0 Å². The van der Waals surface area contributed by atoms with E-state index in [0.717, 1.165) is 38.9 Å². The maximum absolute atomic E-state index is 14.8. The van der Waals surface area contributed by atoms with Crippen LogP contribution in [-0.4, -0.2) is 79.5 Å². The topological polar surface area (TPSA) is 97.8 Å². The van der Waals surface area contributed by atoms with Crippen molar-refractivity contribution < 1.29 is 33.6 Å². The molecule has 0 unspecified atom stereocenters. The van der Waals surface area contributed by atoms with E-state index in [2.05, 4.69) is 0 Å². The second-order valence-corrected chi connectivity index (χ2v) is 15.0. The molecule has 5 aromatic rings. The van der Waals surface area contributed by atoms with Gasteiger partial charge in [0.1, 0.15) is 23.1 Å². The summed E-state index contributed by atoms with van der Waals surface area (Å²) in [4.78, 5) is 32.0. The normalized spacial score (nSPS) is 16.9. The van der Waals surface area contributed by atoms with Gasteiger partial charge in [0.15, 0.2) is 6.10 Å². The van der Waals surface area contributed by atoms with Gasteiger partial charge in [0, 0.05) is 24.7 Å². The van der Waals surface area contributed by atoms with Gasteiger partial charge in [0.2, 0.25) is 5.91 Å². The first-order valence-electron chi connectivity index (χ1n) is 19.2. The number of rotatable bonds is 13. The molecule has 0 aromatic heterocycles. The van der Waals surface area contributed by atoms with Gasteiger partial charge in [0.05, 0.1) is 33.0 Å². The summed E-state index contributed by atoms with van der Waals surface area (Å²) in [6.45, 7) is 4.28. The van der Waals surface area contributed by atoms with Crippen molar-refractivity contribution in [3.05, 3.63) is 155 Å². The average Bonchev–Trinajstić information content (AvgIpc) is 3.77. The standard InChI is InChI=1S/C47H50N2O7/c1-31(2)27-43(48(3)46(52)56-44-41-17-11-9-15-39(41)40-16-10-12-18-42(40)44)45(51)49-29-36(50)28-35(49)30-55-47(32-13-7-6-8-14-32,33-19-23-37(53-4)24-20-33)34-21-25-38(54-5)26-22-34/h6-26,31,35-36,43-44,50H,27-30H2,1-5H3/t35-,36+,43-/m0/s1. The van der Waals surface area contributed by atoms with Crippen molar-refractivity contribution in [2.45, 2.75) is 56.6 Å². The number of benzene rings is 5. The van der Waals surface area contributed by atoms with Crippen LogP contribution >= 0.6 is 0 Å². The van der Waals surface area contributed by atoms with Gasteiger partial charge in [-0.05, 0) is 70.8 Å². The zero-order valence-electron chi connectivity index (χ0n) is 32.6. The Morgan fingerprint density at radius 1 is 0.750 bits per heavy atom. The van der Waals surface area contributed by atoms with Crippen LogP contribution in [0.5, 0.6) is 11.5 Å². The van der Waals surface area contributed by atoms with Crippen LogP contribution in [0, 0.1) is 5.92 Å². The third-order valence-corrected chi connectivity index (χ3v) is 11.1. The van der Waals surface area contributed by atoms with E-state index in [1.807, 2.05) is 141 Å². The van der Waals surface area contributed by atoms with Gasteiger partial charge in [-0.3, -0.25) is 9.69 Å². The maximum atomic E-state index is 14.8. The Bertz CT molecular complexity index is 2030. The molecule has 1 saturated heterocycles. The number of carbonyl (C=O) groups is 2. The third kappa shape index (κ3) is 7.49. The van der Waals surface area contributed by atoms with Crippen molar-refractivity contribution in [2.75, 3.05) is 34.4 Å². The van der Waals surface area contributed by atoms with E-state index in [9.17, 15) is 14.7 Å². The van der Waals surface area contributed by atoms with Crippen LogP contribution in [0.25, 0.3) is 11.1 Å². The number of aliphatic hydroxyl groups excluding tert-OH is 1. The minimum absolute atomic E-state index is 0.0882. The second-order valence-electron chi connectivity index (χ2n) is 15.0. The molecule has 0 bridgehead atoms. The molecule has 290 valence electrons. The number of carbonyl (C=O) groups excluding carboxylic acids is 2. The maximum Gasteiger partial charge on any atom is 0.411 e. The Morgan fingerprint density at radius 2 is 1.25 bits per heavy atom. The lowest BCUT2D eigenvalue weighted by atomic mass is 9.80. The fourth-order valence-electron chi connectivity index (χ4n) is 8.23. The number of likely N-dealkylation sites (tertiary alicyclic amines) is 1. The first-order chi connectivity index (χ1) is 27.1.